The fourth-order valence-electron chi connectivity index (χ4n) is 3.54. The summed E-state index contributed by atoms with van der Waals surface area (Å²) >= 11 is 12.6. The van der Waals surface area contributed by atoms with Gasteiger partial charge in [-0.3, -0.25) is 0 Å². The van der Waals surface area contributed by atoms with Gasteiger partial charge in [0, 0.05) is 21.5 Å². The summed E-state index contributed by atoms with van der Waals surface area (Å²) in [6.07, 6.45) is 6.55. The number of rotatable bonds is 8. The van der Waals surface area contributed by atoms with Gasteiger partial charge in [-0.15, -0.1) is 0 Å². The summed E-state index contributed by atoms with van der Waals surface area (Å²) in [6, 6.07) is 12.3. The lowest BCUT2D eigenvalue weighted by atomic mass is 9.98. The Bertz CT molecular complexity index is 883. The third kappa shape index (κ3) is 4.09. The molecule has 1 aromatic heterocycles. The maximum Gasteiger partial charge on any atom is 0.0514 e. The number of benzene rings is 2. The van der Waals surface area contributed by atoms with Gasteiger partial charge in [0.1, 0.15) is 0 Å². The van der Waals surface area contributed by atoms with Crippen LogP contribution in [0.25, 0.3) is 22.2 Å². The first kappa shape index (κ1) is 19.3. The minimum absolute atomic E-state index is 0.656. The molecule has 0 saturated heterocycles. The molecule has 0 saturated carbocycles. The first-order valence-electron chi connectivity index (χ1n) is 9.43. The van der Waals surface area contributed by atoms with E-state index in [9.17, 15) is 0 Å². The predicted molar refractivity (Wildman–Crippen MR) is 114 cm³/mol. The predicted octanol–water partition coefficient (Wildman–Crippen LogP) is 6.77. The normalized spacial score (nSPS) is 11.4. The van der Waals surface area contributed by atoms with E-state index in [4.69, 9.17) is 28.9 Å². The Kier molecular flexibility index (Phi) is 6.63. The average molecular weight is 389 g/mol. The summed E-state index contributed by atoms with van der Waals surface area (Å²) < 4.78 is 0. The molecule has 0 radical (unpaired) electrons. The molecule has 0 aliphatic carbocycles. The monoisotopic (exact) mass is 388 g/mol. The second kappa shape index (κ2) is 8.94. The summed E-state index contributed by atoms with van der Waals surface area (Å²) in [5.74, 6) is 0. The van der Waals surface area contributed by atoms with Gasteiger partial charge < -0.3 is 10.7 Å². The van der Waals surface area contributed by atoms with E-state index < -0.39 is 0 Å². The van der Waals surface area contributed by atoms with Crippen LogP contribution in [0.5, 0.6) is 0 Å². The molecule has 3 rings (SSSR count). The number of hydrogen-bond donors (Lipinski definition) is 2. The van der Waals surface area contributed by atoms with Crippen molar-refractivity contribution in [2.45, 2.75) is 45.4 Å². The van der Waals surface area contributed by atoms with Crippen molar-refractivity contribution in [3.63, 3.8) is 0 Å². The van der Waals surface area contributed by atoms with Crippen molar-refractivity contribution < 1.29 is 0 Å². The molecular weight excluding hydrogens is 363 g/mol. The van der Waals surface area contributed by atoms with Gasteiger partial charge in [0.15, 0.2) is 0 Å². The first-order valence-corrected chi connectivity index (χ1v) is 10.2. The lowest BCUT2D eigenvalue weighted by molar-refractivity contribution is 0.748. The molecule has 2 aromatic carbocycles. The molecular formula is C22H26Cl2N2. The third-order valence-corrected chi connectivity index (χ3v) is 5.46. The van der Waals surface area contributed by atoms with Gasteiger partial charge in [-0.1, -0.05) is 54.7 Å². The zero-order chi connectivity index (χ0) is 18.5. The summed E-state index contributed by atoms with van der Waals surface area (Å²) in [5, 5.41) is 2.64. The fraction of sp³-hybridized carbons (Fsp3) is 0.364. The first-order chi connectivity index (χ1) is 12.7. The van der Waals surface area contributed by atoms with Crippen LogP contribution in [-0.2, 0) is 12.8 Å². The van der Waals surface area contributed by atoms with Gasteiger partial charge in [0.2, 0.25) is 0 Å². The number of hydrogen-bond acceptors (Lipinski definition) is 1. The second-order valence-corrected chi connectivity index (χ2v) is 7.64. The minimum atomic E-state index is 0.656. The Labute approximate surface area is 165 Å². The lowest BCUT2D eigenvalue weighted by Gasteiger charge is -2.07. The van der Waals surface area contributed by atoms with E-state index in [0.29, 0.717) is 10.0 Å². The van der Waals surface area contributed by atoms with E-state index >= 15 is 0 Å². The number of fused-ring (bicyclic) bond motifs is 1. The Morgan fingerprint density at radius 2 is 1.85 bits per heavy atom. The molecule has 138 valence electrons. The molecule has 0 spiro atoms. The number of aromatic amines is 1. The molecule has 1 heterocycles. The maximum atomic E-state index is 6.52. The molecule has 0 amide bonds. The maximum absolute atomic E-state index is 6.52. The number of unbranched alkanes of at least 4 members (excludes halogenated alkanes) is 2. The van der Waals surface area contributed by atoms with Crippen LogP contribution in [0, 0.1) is 0 Å². The van der Waals surface area contributed by atoms with Gasteiger partial charge in [-0.05, 0) is 68.0 Å². The highest BCUT2D eigenvalue weighted by atomic mass is 35.5. The topological polar surface area (TPSA) is 41.8 Å². The summed E-state index contributed by atoms with van der Waals surface area (Å²) in [6.45, 7) is 2.95. The van der Waals surface area contributed by atoms with Crippen LogP contribution in [0.4, 0.5) is 0 Å². The highest BCUT2D eigenvalue weighted by molar-refractivity contribution is 6.36. The summed E-state index contributed by atoms with van der Waals surface area (Å²) in [7, 11) is 0. The molecule has 0 fully saturated rings. The van der Waals surface area contributed by atoms with Gasteiger partial charge in [0.25, 0.3) is 0 Å². The van der Waals surface area contributed by atoms with E-state index in [-0.39, 0.29) is 0 Å². The lowest BCUT2D eigenvalue weighted by Crippen LogP contribution is -1.99. The zero-order valence-corrected chi connectivity index (χ0v) is 16.8. The summed E-state index contributed by atoms with van der Waals surface area (Å²) in [5.41, 5.74) is 11.8. The van der Waals surface area contributed by atoms with Gasteiger partial charge in [-0.25, -0.2) is 0 Å². The number of halogens is 2. The quantitative estimate of drug-likeness (QED) is 0.410. The van der Waals surface area contributed by atoms with E-state index in [2.05, 4.69) is 30.1 Å². The largest absolute Gasteiger partial charge is 0.354 e. The Morgan fingerprint density at radius 1 is 1.00 bits per heavy atom. The molecule has 0 aliphatic rings. The molecule has 3 aromatic rings. The molecule has 0 atom stereocenters. The fourth-order valence-corrected chi connectivity index (χ4v) is 4.04. The van der Waals surface area contributed by atoms with Crippen molar-refractivity contribution >= 4 is 34.1 Å². The molecule has 0 bridgehead atoms. The molecule has 2 nitrogen and oxygen atoms in total. The van der Waals surface area contributed by atoms with Crippen LogP contribution in [0.3, 0.4) is 0 Å². The van der Waals surface area contributed by atoms with Gasteiger partial charge >= 0.3 is 0 Å². The number of aryl methyl sites for hydroxylation is 2. The average Bonchev–Trinajstić information content (AvgIpc) is 2.99. The number of para-hydroxylation sites is 1. The van der Waals surface area contributed by atoms with E-state index in [1.807, 2.05) is 18.2 Å². The van der Waals surface area contributed by atoms with Crippen LogP contribution in [0.15, 0.2) is 36.4 Å². The van der Waals surface area contributed by atoms with Crippen LogP contribution < -0.4 is 5.73 Å². The Balaban J connectivity index is 2.14. The molecule has 4 heteroatoms. The van der Waals surface area contributed by atoms with Gasteiger partial charge in [-0.2, -0.15) is 0 Å². The van der Waals surface area contributed by atoms with Gasteiger partial charge in [0.05, 0.1) is 10.7 Å². The van der Waals surface area contributed by atoms with Crippen molar-refractivity contribution in [3.8, 4) is 11.3 Å². The van der Waals surface area contributed by atoms with Crippen molar-refractivity contribution in [2.75, 3.05) is 6.54 Å². The van der Waals surface area contributed by atoms with Crippen LogP contribution in [0.1, 0.15) is 43.7 Å². The standard InChI is InChI=1S/C22H26Cl2N2/c1-2-3-7-15-8-6-10-17-18(9-4-5-13-25)22(26-21(15)17)19-12-11-16(23)14-20(19)24/h6,8,10-12,14,26H,2-5,7,9,13,25H2,1H3. The molecule has 3 N–H and O–H groups in total. The summed E-state index contributed by atoms with van der Waals surface area (Å²) in [4.78, 5) is 3.69. The van der Waals surface area contributed by atoms with E-state index in [1.165, 1.54) is 34.9 Å². The van der Waals surface area contributed by atoms with Crippen molar-refractivity contribution in [3.05, 3.63) is 57.6 Å². The zero-order valence-electron chi connectivity index (χ0n) is 15.2. The van der Waals surface area contributed by atoms with E-state index in [0.717, 1.165) is 43.5 Å². The highest BCUT2D eigenvalue weighted by Gasteiger charge is 2.17. The molecule has 26 heavy (non-hydrogen) atoms. The van der Waals surface area contributed by atoms with Crippen LogP contribution in [0.2, 0.25) is 10.0 Å². The third-order valence-electron chi connectivity index (χ3n) is 4.91. The smallest absolute Gasteiger partial charge is 0.0514 e. The van der Waals surface area contributed by atoms with Crippen molar-refractivity contribution in [1.82, 2.24) is 4.98 Å². The van der Waals surface area contributed by atoms with Crippen molar-refractivity contribution in [1.29, 1.82) is 0 Å². The number of aromatic nitrogens is 1. The molecule has 0 aliphatic heterocycles. The number of nitrogens with two attached hydrogens (primary N) is 1. The second-order valence-electron chi connectivity index (χ2n) is 6.79. The Morgan fingerprint density at radius 3 is 2.58 bits per heavy atom. The SMILES string of the molecule is CCCCc1cccc2c(CCCCN)c(-c3ccc(Cl)cc3Cl)[nH]c12. The molecule has 0 unspecified atom stereocenters. The number of H-pyrrole nitrogens is 1. The van der Waals surface area contributed by atoms with E-state index in [1.54, 1.807) is 0 Å². The van der Waals surface area contributed by atoms with Crippen LogP contribution >= 0.6 is 23.2 Å². The number of nitrogens with one attached hydrogen (secondary N) is 1. The van der Waals surface area contributed by atoms with Crippen LogP contribution in [-0.4, -0.2) is 11.5 Å². The van der Waals surface area contributed by atoms with Crippen molar-refractivity contribution in [2.24, 2.45) is 5.73 Å². The minimum Gasteiger partial charge on any atom is -0.354 e. The Hall–Kier alpha value is -1.48. The highest BCUT2D eigenvalue weighted by Crippen LogP contribution is 2.37.